The summed E-state index contributed by atoms with van der Waals surface area (Å²) in [5.41, 5.74) is 1.49. The van der Waals surface area contributed by atoms with E-state index in [4.69, 9.17) is 4.74 Å². The van der Waals surface area contributed by atoms with Crippen LogP contribution in [-0.2, 0) is 0 Å². The second kappa shape index (κ2) is 7.89. The van der Waals surface area contributed by atoms with Crippen LogP contribution in [0.3, 0.4) is 0 Å². The summed E-state index contributed by atoms with van der Waals surface area (Å²) in [6.45, 7) is 1.65. The first-order valence-corrected chi connectivity index (χ1v) is 9.67. The van der Waals surface area contributed by atoms with Crippen LogP contribution in [0.1, 0.15) is 12.8 Å². The zero-order chi connectivity index (χ0) is 21.3. The molecule has 30 heavy (non-hydrogen) atoms. The van der Waals surface area contributed by atoms with E-state index in [2.05, 4.69) is 19.7 Å². The molecular weight excluding hydrogens is 396 g/mol. The molecule has 2 aromatic carbocycles. The Labute approximate surface area is 173 Å². The maximum Gasteiger partial charge on any atom is 0.586 e. The number of ether oxygens (including phenoxy) is 3. The van der Waals surface area contributed by atoms with Crippen molar-refractivity contribution in [2.75, 3.05) is 37.5 Å². The molecule has 2 aliphatic rings. The Balaban J connectivity index is 1.32. The van der Waals surface area contributed by atoms with Gasteiger partial charge in [0.2, 0.25) is 0 Å². The number of hydrogen-bond donors (Lipinski definition) is 1. The fourth-order valence-electron chi connectivity index (χ4n) is 3.71. The van der Waals surface area contributed by atoms with Crippen LogP contribution in [0, 0.1) is 0 Å². The highest BCUT2D eigenvalue weighted by Gasteiger charge is 2.43. The number of nitrogens with one attached hydrogen (secondary N) is 1. The molecule has 2 amide bonds. The molecule has 7 nitrogen and oxygen atoms in total. The number of carbonyl (C=O) groups is 1. The van der Waals surface area contributed by atoms with Crippen LogP contribution in [0.4, 0.5) is 25.0 Å². The van der Waals surface area contributed by atoms with E-state index >= 15 is 0 Å². The van der Waals surface area contributed by atoms with E-state index in [0.29, 0.717) is 5.69 Å². The van der Waals surface area contributed by atoms with Gasteiger partial charge in [-0.05, 0) is 49.2 Å². The van der Waals surface area contributed by atoms with E-state index in [1.165, 1.54) is 18.2 Å². The van der Waals surface area contributed by atoms with E-state index in [-0.39, 0.29) is 23.6 Å². The summed E-state index contributed by atoms with van der Waals surface area (Å²) in [6.07, 6.45) is -2.04. The van der Waals surface area contributed by atoms with Crippen LogP contribution in [-0.4, -0.2) is 50.5 Å². The Morgan fingerprint density at radius 1 is 1.13 bits per heavy atom. The van der Waals surface area contributed by atoms with Gasteiger partial charge in [0.15, 0.2) is 11.5 Å². The SMILES string of the molecule is COc1ccc(N2CCC(N(C)C(=O)Nc3ccc4c(c3)OC(F)(F)O4)CC2)cc1. The van der Waals surface area contributed by atoms with E-state index in [1.54, 1.807) is 19.1 Å². The van der Waals surface area contributed by atoms with Gasteiger partial charge < -0.3 is 29.3 Å². The monoisotopic (exact) mass is 419 g/mol. The van der Waals surface area contributed by atoms with Crippen molar-refractivity contribution in [2.45, 2.75) is 25.2 Å². The molecule has 2 heterocycles. The Kier molecular flexibility index (Phi) is 5.27. The quantitative estimate of drug-likeness (QED) is 0.807. The lowest BCUT2D eigenvalue weighted by Crippen LogP contribution is -2.47. The van der Waals surface area contributed by atoms with Gasteiger partial charge in [-0.3, -0.25) is 0 Å². The average molecular weight is 419 g/mol. The topological polar surface area (TPSA) is 63.3 Å². The largest absolute Gasteiger partial charge is 0.586 e. The predicted octanol–water partition coefficient (Wildman–Crippen LogP) is 4.15. The summed E-state index contributed by atoms with van der Waals surface area (Å²) >= 11 is 0. The van der Waals surface area contributed by atoms with Gasteiger partial charge in [0.25, 0.3) is 0 Å². The summed E-state index contributed by atoms with van der Waals surface area (Å²) in [6, 6.07) is 11.9. The Morgan fingerprint density at radius 3 is 2.47 bits per heavy atom. The first-order valence-electron chi connectivity index (χ1n) is 9.67. The van der Waals surface area contributed by atoms with Crippen LogP contribution in [0.2, 0.25) is 0 Å². The molecule has 0 spiro atoms. The number of fused-ring (bicyclic) bond motifs is 1. The van der Waals surface area contributed by atoms with Gasteiger partial charge in [0, 0.05) is 43.6 Å². The van der Waals surface area contributed by atoms with Crippen molar-refractivity contribution in [1.29, 1.82) is 0 Å². The van der Waals surface area contributed by atoms with Gasteiger partial charge in [-0.2, -0.15) is 0 Å². The second-order valence-electron chi connectivity index (χ2n) is 7.29. The zero-order valence-electron chi connectivity index (χ0n) is 16.7. The summed E-state index contributed by atoms with van der Waals surface area (Å²) in [5.74, 6) is 0.655. The van der Waals surface area contributed by atoms with Gasteiger partial charge >= 0.3 is 12.3 Å². The third-order valence-corrected chi connectivity index (χ3v) is 5.42. The van der Waals surface area contributed by atoms with Crippen LogP contribution in [0.5, 0.6) is 17.2 Å². The van der Waals surface area contributed by atoms with Crippen LogP contribution in [0.25, 0.3) is 0 Å². The fraction of sp³-hybridized carbons (Fsp3) is 0.381. The molecule has 1 fully saturated rings. The number of methoxy groups -OCH3 is 1. The van der Waals surface area contributed by atoms with Crippen molar-refractivity contribution < 1.29 is 27.8 Å². The van der Waals surface area contributed by atoms with Gasteiger partial charge in [0.05, 0.1) is 7.11 Å². The molecule has 2 aliphatic heterocycles. The number of carbonyl (C=O) groups excluding carboxylic acids is 1. The number of nitrogens with zero attached hydrogens (tertiary/aromatic N) is 2. The average Bonchev–Trinajstić information content (AvgIpc) is 3.06. The molecule has 0 atom stereocenters. The van der Waals surface area contributed by atoms with Crippen molar-refractivity contribution in [3.63, 3.8) is 0 Å². The maximum absolute atomic E-state index is 13.1. The number of rotatable bonds is 4. The Morgan fingerprint density at radius 2 is 1.80 bits per heavy atom. The van der Waals surface area contributed by atoms with E-state index in [9.17, 15) is 13.6 Å². The lowest BCUT2D eigenvalue weighted by Gasteiger charge is -2.37. The number of benzene rings is 2. The first kappa shape index (κ1) is 20.1. The van der Waals surface area contributed by atoms with Gasteiger partial charge in [-0.15, -0.1) is 8.78 Å². The second-order valence-corrected chi connectivity index (χ2v) is 7.29. The third kappa shape index (κ3) is 4.19. The van der Waals surface area contributed by atoms with Crippen molar-refractivity contribution in [2.24, 2.45) is 0 Å². The Bertz CT molecular complexity index is 915. The van der Waals surface area contributed by atoms with Gasteiger partial charge in [-0.25, -0.2) is 4.79 Å². The molecule has 4 rings (SSSR count). The van der Waals surface area contributed by atoms with Gasteiger partial charge in [-0.1, -0.05) is 0 Å². The highest BCUT2D eigenvalue weighted by Crippen LogP contribution is 2.42. The minimum atomic E-state index is -3.68. The fourth-order valence-corrected chi connectivity index (χ4v) is 3.71. The van der Waals surface area contributed by atoms with Crippen LogP contribution < -0.4 is 24.4 Å². The van der Waals surface area contributed by atoms with Crippen LogP contribution >= 0.6 is 0 Å². The number of halogens is 2. The lowest BCUT2D eigenvalue weighted by atomic mass is 10.0. The highest BCUT2D eigenvalue weighted by atomic mass is 19.3. The molecule has 0 saturated carbocycles. The molecule has 1 N–H and O–H groups in total. The van der Waals surface area contributed by atoms with Crippen molar-refractivity contribution in [1.82, 2.24) is 4.90 Å². The third-order valence-electron chi connectivity index (χ3n) is 5.42. The number of anilines is 2. The maximum atomic E-state index is 13.1. The number of hydrogen-bond acceptors (Lipinski definition) is 5. The normalized spacial score (nSPS) is 17.5. The lowest BCUT2D eigenvalue weighted by molar-refractivity contribution is -0.286. The predicted molar refractivity (Wildman–Crippen MR) is 108 cm³/mol. The van der Waals surface area contributed by atoms with E-state index in [1.807, 2.05) is 24.3 Å². The van der Waals surface area contributed by atoms with E-state index in [0.717, 1.165) is 37.4 Å². The number of amides is 2. The minimum absolute atomic E-state index is 0.0581. The molecule has 0 unspecified atom stereocenters. The molecule has 160 valence electrons. The molecule has 1 saturated heterocycles. The minimum Gasteiger partial charge on any atom is -0.497 e. The molecule has 0 bridgehead atoms. The highest BCUT2D eigenvalue weighted by molar-refractivity contribution is 5.89. The Hall–Kier alpha value is -3.23. The molecule has 9 heteroatoms. The number of alkyl halides is 2. The molecular formula is C21H23F2N3O4. The van der Waals surface area contributed by atoms with Crippen molar-refractivity contribution in [3.05, 3.63) is 42.5 Å². The number of piperidine rings is 1. The molecule has 0 aliphatic carbocycles. The summed E-state index contributed by atoms with van der Waals surface area (Å²) in [4.78, 5) is 16.6. The standard InChI is InChI=1S/C21H23F2N3O4/c1-25(15-9-11-26(12-10-15)16-4-6-17(28-2)7-5-16)20(27)24-14-3-8-18-19(13-14)30-21(22,23)29-18/h3-8,13,15H,9-12H2,1-2H3,(H,24,27). The summed E-state index contributed by atoms with van der Waals surface area (Å²) in [7, 11) is 3.38. The number of urea groups is 1. The summed E-state index contributed by atoms with van der Waals surface area (Å²) < 4.78 is 40.3. The first-order chi connectivity index (χ1) is 14.3. The smallest absolute Gasteiger partial charge is 0.497 e. The zero-order valence-corrected chi connectivity index (χ0v) is 16.7. The summed E-state index contributed by atoms with van der Waals surface area (Å²) in [5, 5.41) is 2.73. The van der Waals surface area contributed by atoms with E-state index < -0.39 is 6.29 Å². The van der Waals surface area contributed by atoms with Crippen LogP contribution in [0.15, 0.2) is 42.5 Å². The van der Waals surface area contributed by atoms with Crippen molar-refractivity contribution >= 4 is 17.4 Å². The van der Waals surface area contributed by atoms with Gasteiger partial charge in [0.1, 0.15) is 5.75 Å². The van der Waals surface area contributed by atoms with Crippen molar-refractivity contribution in [3.8, 4) is 17.2 Å². The molecule has 0 radical (unpaired) electrons. The molecule has 0 aromatic heterocycles. The molecule has 2 aromatic rings.